The van der Waals surface area contributed by atoms with Gasteiger partial charge in [-0.2, -0.15) is 0 Å². The first-order chi connectivity index (χ1) is 6.53. The molecule has 0 atom stereocenters. The molecule has 14 heavy (non-hydrogen) atoms. The average Bonchev–Trinajstić information content (AvgIpc) is 2.14. The summed E-state index contributed by atoms with van der Waals surface area (Å²) >= 11 is 0. The van der Waals surface area contributed by atoms with Gasteiger partial charge in [0.1, 0.15) is 0 Å². The highest BCUT2D eigenvalue weighted by atomic mass is 16.5. The molecule has 0 saturated carbocycles. The Bertz CT molecular complexity index is 292. The van der Waals surface area contributed by atoms with Crippen molar-refractivity contribution < 1.29 is 4.74 Å². The lowest BCUT2D eigenvalue weighted by atomic mass is 10.1. The minimum absolute atomic E-state index is 0.123. The van der Waals surface area contributed by atoms with Gasteiger partial charge in [0.15, 0.2) is 0 Å². The second-order valence-corrected chi connectivity index (χ2v) is 4.21. The van der Waals surface area contributed by atoms with Gasteiger partial charge in [0.2, 0.25) is 0 Å². The Morgan fingerprint density at radius 2 is 2.14 bits per heavy atom. The van der Waals surface area contributed by atoms with Crippen molar-refractivity contribution in [2.75, 3.05) is 0 Å². The van der Waals surface area contributed by atoms with Gasteiger partial charge < -0.3 is 10.5 Å². The van der Waals surface area contributed by atoms with Gasteiger partial charge in [0.25, 0.3) is 0 Å². The van der Waals surface area contributed by atoms with Crippen LogP contribution < -0.4 is 5.73 Å². The minimum atomic E-state index is -0.123. The van der Waals surface area contributed by atoms with E-state index in [0.717, 1.165) is 11.3 Å². The van der Waals surface area contributed by atoms with Crippen molar-refractivity contribution in [3.63, 3.8) is 0 Å². The van der Waals surface area contributed by atoms with E-state index in [2.05, 4.69) is 4.98 Å². The van der Waals surface area contributed by atoms with Crippen molar-refractivity contribution >= 4 is 0 Å². The van der Waals surface area contributed by atoms with E-state index in [1.54, 1.807) is 6.20 Å². The monoisotopic (exact) mass is 194 g/mol. The fourth-order valence-corrected chi connectivity index (χ4v) is 1.08. The molecule has 1 aromatic heterocycles. The number of hydrogen-bond donors (Lipinski definition) is 1. The topological polar surface area (TPSA) is 48.1 Å². The Kier molecular flexibility index (Phi) is 3.61. The summed E-state index contributed by atoms with van der Waals surface area (Å²) in [4.78, 5) is 4.19. The molecule has 0 fully saturated rings. The van der Waals surface area contributed by atoms with Crippen LogP contribution in [0.25, 0.3) is 0 Å². The molecule has 0 aliphatic heterocycles. The molecule has 3 nitrogen and oxygen atoms in total. The van der Waals surface area contributed by atoms with E-state index < -0.39 is 0 Å². The van der Waals surface area contributed by atoms with Crippen LogP contribution in [-0.4, -0.2) is 10.6 Å². The summed E-state index contributed by atoms with van der Waals surface area (Å²) in [6.45, 7) is 7.13. The van der Waals surface area contributed by atoms with E-state index in [1.807, 2.05) is 32.9 Å². The van der Waals surface area contributed by atoms with E-state index in [1.165, 1.54) is 0 Å². The standard InChI is InChI=1S/C11H18N2O/c1-11(2,3)14-8-9-5-4-6-13-10(9)7-12/h4-6H,7-8,12H2,1-3H3. The minimum Gasteiger partial charge on any atom is -0.371 e. The molecule has 0 unspecified atom stereocenters. The highest BCUT2D eigenvalue weighted by molar-refractivity contribution is 5.18. The maximum atomic E-state index is 5.66. The molecule has 0 aliphatic rings. The molecule has 3 heteroatoms. The lowest BCUT2D eigenvalue weighted by Gasteiger charge is -2.20. The van der Waals surface area contributed by atoms with Gasteiger partial charge in [-0.05, 0) is 26.8 Å². The van der Waals surface area contributed by atoms with Gasteiger partial charge >= 0.3 is 0 Å². The third-order valence-electron chi connectivity index (χ3n) is 1.84. The molecule has 2 N–H and O–H groups in total. The summed E-state index contributed by atoms with van der Waals surface area (Å²) in [6, 6.07) is 3.90. The summed E-state index contributed by atoms with van der Waals surface area (Å²) in [5.41, 5.74) is 7.44. The Balaban J connectivity index is 2.67. The number of nitrogens with zero attached hydrogens (tertiary/aromatic N) is 1. The van der Waals surface area contributed by atoms with Crippen LogP contribution in [0.1, 0.15) is 32.0 Å². The Hall–Kier alpha value is -0.930. The molecule has 78 valence electrons. The summed E-state index contributed by atoms with van der Waals surface area (Å²) < 4.78 is 5.66. The summed E-state index contributed by atoms with van der Waals surface area (Å²) in [5.74, 6) is 0. The second kappa shape index (κ2) is 4.53. The number of aromatic nitrogens is 1. The fraction of sp³-hybridized carbons (Fsp3) is 0.545. The predicted octanol–water partition coefficient (Wildman–Crippen LogP) is 1.86. The Morgan fingerprint density at radius 3 is 2.71 bits per heavy atom. The average molecular weight is 194 g/mol. The van der Waals surface area contributed by atoms with Gasteiger partial charge in [0.05, 0.1) is 17.9 Å². The van der Waals surface area contributed by atoms with E-state index in [4.69, 9.17) is 10.5 Å². The van der Waals surface area contributed by atoms with Crippen molar-refractivity contribution in [1.82, 2.24) is 4.98 Å². The molecule has 1 aromatic rings. The third kappa shape index (κ3) is 3.44. The molecular formula is C11H18N2O. The van der Waals surface area contributed by atoms with Crippen LogP contribution in [0, 0.1) is 0 Å². The van der Waals surface area contributed by atoms with Gasteiger partial charge in [-0.25, -0.2) is 0 Å². The smallest absolute Gasteiger partial charge is 0.0742 e. The van der Waals surface area contributed by atoms with Crippen LogP contribution in [-0.2, 0) is 17.9 Å². The largest absolute Gasteiger partial charge is 0.371 e. The van der Waals surface area contributed by atoms with Crippen LogP contribution in [0.5, 0.6) is 0 Å². The molecule has 0 saturated heterocycles. The van der Waals surface area contributed by atoms with Crippen molar-refractivity contribution in [3.05, 3.63) is 29.6 Å². The van der Waals surface area contributed by atoms with Crippen molar-refractivity contribution in [2.24, 2.45) is 5.73 Å². The molecule has 0 radical (unpaired) electrons. The summed E-state index contributed by atoms with van der Waals surface area (Å²) in [6.07, 6.45) is 1.75. The molecule has 0 aliphatic carbocycles. The third-order valence-corrected chi connectivity index (χ3v) is 1.84. The maximum Gasteiger partial charge on any atom is 0.0742 e. The van der Waals surface area contributed by atoms with Crippen molar-refractivity contribution in [1.29, 1.82) is 0 Å². The van der Waals surface area contributed by atoms with E-state index in [0.29, 0.717) is 13.2 Å². The number of hydrogen-bond acceptors (Lipinski definition) is 3. The first kappa shape index (κ1) is 11.1. The van der Waals surface area contributed by atoms with Gasteiger partial charge in [0, 0.05) is 18.3 Å². The molecule has 1 heterocycles. The lowest BCUT2D eigenvalue weighted by Crippen LogP contribution is -2.19. The number of pyridine rings is 1. The zero-order valence-electron chi connectivity index (χ0n) is 9.08. The van der Waals surface area contributed by atoms with Gasteiger partial charge in [-0.15, -0.1) is 0 Å². The van der Waals surface area contributed by atoms with Gasteiger partial charge in [-0.3, -0.25) is 4.98 Å². The normalized spacial score (nSPS) is 11.7. The molecular weight excluding hydrogens is 176 g/mol. The van der Waals surface area contributed by atoms with Crippen molar-refractivity contribution in [2.45, 2.75) is 39.5 Å². The first-order valence-corrected chi connectivity index (χ1v) is 4.80. The molecule has 1 rings (SSSR count). The highest BCUT2D eigenvalue weighted by Crippen LogP contribution is 2.13. The molecule has 0 aromatic carbocycles. The highest BCUT2D eigenvalue weighted by Gasteiger charge is 2.11. The SMILES string of the molecule is CC(C)(C)OCc1cccnc1CN. The Labute approximate surface area is 85.3 Å². The number of ether oxygens (including phenoxy) is 1. The number of rotatable bonds is 3. The summed E-state index contributed by atoms with van der Waals surface area (Å²) in [5, 5.41) is 0. The van der Waals surface area contributed by atoms with E-state index in [9.17, 15) is 0 Å². The van der Waals surface area contributed by atoms with Crippen LogP contribution in [0.3, 0.4) is 0 Å². The van der Waals surface area contributed by atoms with Crippen LogP contribution in [0.15, 0.2) is 18.3 Å². The Morgan fingerprint density at radius 1 is 1.43 bits per heavy atom. The van der Waals surface area contributed by atoms with Crippen LogP contribution in [0.4, 0.5) is 0 Å². The molecule has 0 amide bonds. The lowest BCUT2D eigenvalue weighted by molar-refractivity contribution is -0.0153. The number of nitrogens with two attached hydrogens (primary N) is 1. The fourth-order valence-electron chi connectivity index (χ4n) is 1.08. The molecule has 0 bridgehead atoms. The first-order valence-electron chi connectivity index (χ1n) is 4.80. The van der Waals surface area contributed by atoms with E-state index in [-0.39, 0.29) is 5.60 Å². The zero-order valence-corrected chi connectivity index (χ0v) is 9.08. The van der Waals surface area contributed by atoms with E-state index >= 15 is 0 Å². The van der Waals surface area contributed by atoms with Crippen LogP contribution >= 0.6 is 0 Å². The zero-order chi connectivity index (χ0) is 10.6. The maximum absolute atomic E-state index is 5.66. The molecule has 0 spiro atoms. The van der Waals surface area contributed by atoms with Crippen molar-refractivity contribution in [3.8, 4) is 0 Å². The van der Waals surface area contributed by atoms with Crippen LogP contribution in [0.2, 0.25) is 0 Å². The quantitative estimate of drug-likeness (QED) is 0.799. The van der Waals surface area contributed by atoms with Gasteiger partial charge in [-0.1, -0.05) is 6.07 Å². The second-order valence-electron chi connectivity index (χ2n) is 4.21. The summed E-state index contributed by atoms with van der Waals surface area (Å²) in [7, 11) is 0. The predicted molar refractivity (Wildman–Crippen MR) is 56.7 cm³/mol.